The predicted molar refractivity (Wildman–Crippen MR) is 31.8 cm³/mol. The molecule has 50 valence electrons. The van der Waals surface area contributed by atoms with E-state index in [9.17, 15) is 8.76 Å². The van der Waals surface area contributed by atoms with Gasteiger partial charge in [-0.2, -0.15) is 0 Å². The average molecular weight is 159 g/mol. The zero-order valence-electron chi connectivity index (χ0n) is 6.09. The monoisotopic (exact) mass is 159 g/mol. The van der Waals surface area contributed by atoms with Crippen LogP contribution in [-0.2, 0) is 11.3 Å². The van der Waals surface area contributed by atoms with Crippen molar-refractivity contribution in [3.63, 3.8) is 0 Å². The third kappa shape index (κ3) is 5.51. The van der Waals surface area contributed by atoms with Gasteiger partial charge in [0.15, 0.2) is 0 Å². The van der Waals surface area contributed by atoms with E-state index in [-0.39, 0.29) is 29.6 Å². The van der Waals surface area contributed by atoms with Crippen LogP contribution in [0.1, 0.15) is 13.8 Å². The Labute approximate surface area is 80.5 Å². The predicted octanol–water partition coefficient (Wildman–Crippen LogP) is -2.87. The van der Waals surface area contributed by atoms with E-state index in [1.54, 1.807) is 13.8 Å². The van der Waals surface area contributed by atoms with E-state index in [0.29, 0.717) is 13.1 Å². The van der Waals surface area contributed by atoms with Crippen molar-refractivity contribution in [2.45, 2.75) is 13.8 Å². The largest absolute Gasteiger partial charge is 1.00 e. The van der Waals surface area contributed by atoms with Crippen LogP contribution < -0.4 is 29.6 Å². The van der Waals surface area contributed by atoms with Gasteiger partial charge in [0.25, 0.3) is 0 Å². The van der Waals surface area contributed by atoms with Crippen LogP contribution in [0.2, 0.25) is 0 Å². The second kappa shape index (κ2) is 7.18. The summed E-state index contributed by atoms with van der Waals surface area (Å²) in [6.07, 6.45) is 0. The molecule has 1 atom stereocenters. The van der Waals surface area contributed by atoms with Crippen LogP contribution in [0.15, 0.2) is 0 Å². The minimum absolute atomic E-state index is 0. The van der Waals surface area contributed by atoms with Gasteiger partial charge in [-0.3, -0.25) is 4.21 Å². The van der Waals surface area contributed by atoms with Crippen molar-refractivity contribution in [1.29, 1.82) is 0 Å². The summed E-state index contributed by atoms with van der Waals surface area (Å²) in [4.78, 5) is 0. The maximum Gasteiger partial charge on any atom is 1.00 e. The fourth-order valence-corrected chi connectivity index (χ4v) is 0.856. The molecule has 0 saturated carbocycles. The van der Waals surface area contributed by atoms with Crippen LogP contribution in [0.5, 0.6) is 0 Å². The molecule has 0 radical (unpaired) electrons. The first kappa shape index (κ1) is 12.7. The van der Waals surface area contributed by atoms with E-state index in [0.717, 1.165) is 0 Å². The average Bonchev–Trinajstić information content (AvgIpc) is 1.69. The standard InChI is InChI=1S/C4H11NO2S.Na/c1-3-5(4-2)8(6)7;/h3-4H2,1-2H3,(H,6,7);/q;+1/p-1. The van der Waals surface area contributed by atoms with Crippen LogP contribution >= 0.6 is 0 Å². The molecule has 0 aromatic carbocycles. The molecule has 0 saturated heterocycles. The van der Waals surface area contributed by atoms with Crippen LogP contribution in [0.25, 0.3) is 0 Å². The molecule has 0 bridgehead atoms. The van der Waals surface area contributed by atoms with E-state index in [4.69, 9.17) is 0 Å². The van der Waals surface area contributed by atoms with Gasteiger partial charge in [0, 0.05) is 24.4 Å². The summed E-state index contributed by atoms with van der Waals surface area (Å²) in [6.45, 7) is 4.73. The quantitative estimate of drug-likeness (QED) is 0.328. The number of hydrogen-bond acceptors (Lipinski definition) is 2. The summed E-state index contributed by atoms with van der Waals surface area (Å²) in [5.74, 6) is 0. The van der Waals surface area contributed by atoms with Gasteiger partial charge in [0.1, 0.15) is 0 Å². The Morgan fingerprint density at radius 3 is 1.78 bits per heavy atom. The van der Waals surface area contributed by atoms with E-state index < -0.39 is 11.3 Å². The van der Waals surface area contributed by atoms with Gasteiger partial charge in [-0.15, -0.1) is 0 Å². The molecule has 0 aliphatic heterocycles. The van der Waals surface area contributed by atoms with Crippen molar-refractivity contribution >= 4 is 11.3 Å². The van der Waals surface area contributed by atoms with Crippen molar-refractivity contribution in [2.75, 3.05) is 13.1 Å². The summed E-state index contributed by atoms with van der Waals surface area (Å²) < 4.78 is 21.5. The molecule has 0 heterocycles. The zero-order valence-corrected chi connectivity index (χ0v) is 8.90. The molecule has 0 amide bonds. The SMILES string of the molecule is CCN(CC)S(=O)[O-].[Na+]. The maximum absolute atomic E-state index is 10.1. The summed E-state index contributed by atoms with van der Waals surface area (Å²) >= 11 is -2.02. The smallest absolute Gasteiger partial charge is 0.760 e. The molecule has 0 N–H and O–H groups in total. The summed E-state index contributed by atoms with van der Waals surface area (Å²) in [6, 6.07) is 0. The zero-order chi connectivity index (χ0) is 6.57. The fraction of sp³-hybridized carbons (Fsp3) is 1.00. The van der Waals surface area contributed by atoms with Crippen molar-refractivity contribution in [3.05, 3.63) is 0 Å². The molecule has 0 aliphatic rings. The summed E-state index contributed by atoms with van der Waals surface area (Å²) in [5.41, 5.74) is 0. The number of nitrogens with zero attached hydrogens (tertiary/aromatic N) is 1. The van der Waals surface area contributed by atoms with E-state index in [1.165, 1.54) is 4.31 Å². The Bertz CT molecular complexity index is 86.6. The molecule has 0 fully saturated rings. The van der Waals surface area contributed by atoms with Crippen molar-refractivity contribution in [1.82, 2.24) is 4.31 Å². The van der Waals surface area contributed by atoms with Crippen LogP contribution in [0.4, 0.5) is 0 Å². The Balaban J connectivity index is 0. The van der Waals surface area contributed by atoms with Gasteiger partial charge in [0.05, 0.1) is 0 Å². The summed E-state index contributed by atoms with van der Waals surface area (Å²) in [5, 5.41) is 0. The Morgan fingerprint density at radius 1 is 1.44 bits per heavy atom. The topological polar surface area (TPSA) is 43.4 Å². The molecule has 0 aromatic heterocycles. The Hall–Kier alpha value is 1.07. The first-order valence-electron chi connectivity index (χ1n) is 2.56. The molecular weight excluding hydrogens is 149 g/mol. The number of hydrogen-bond donors (Lipinski definition) is 0. The molecule has 0 aliphatic carbocycles. The minimum atomic E-state index is -2.02. The third-order valence-corrected chi connectivity index (χ3v) is 1.85. The van der Waals surface area contributed by atoms with Crippen molar-refractivity contribution < 1.29 is 38.3 Å². The van der Waals surface area contributed by atoms with E-state index in [1.807, 2.05) is 0 Å². The van der Waals surface area contributed by atoms with Crippen LogP contribution in [0.3, 0.4) is 0 Å². The molecule has 1 unspecified atom stereocenters. The first-order valence-corrected chi connectivity index (χ1v) is 3.59. The normalized spacial score (nSPS) is 12.9. The molecular formula is C4H10NNaO2S. The van der Waals surface area contributed by atoms with Crippen LogP contribution in [0, 0.1) is 0 Å². The molecule has 0 rings (SSSR count). The third-order valence-electron chi connectivity index (χ3n) is 0.916. The number of rotatable bonds is 3. The van der Waals surface area contributed by atoms with Crippen molar-refractivity contribution in [2.24, 2.45) is 0 Å². The Kier molecular flexibility index (Phi) is 10.1. The van der Waals surface area contributed by atoms with Gasteiger partial charge in [-0.05, 0) is 0 Å². The Morgan fingerprint density at radius 2 is 1.78 bits per heavy atom. The van der Waals surface area contributed by atoms with Gasteiger partial charge < -0.3 is 4.55 Å². The molecule has 5 heteroatoms. The molecule has 0 aromatic rings. The molecule has 3 nitrogen and oxygen atoms in total. The van der Waals surface area contributed by atoms with Gasteiger partial charge in [-0.1, -0.05) is 13.8 Å². The van der Waals surface area contributed by atoms with E-state index >= 15 is 0 Å². The van der Waals surface area contributed by atoms with Gasteiger partial charge in [-0.25, -0.2) is 4.31 Å². The first-order chi connectivity index (χ1) is 3.72. The second-order valence-corrected chi connectivity index (χ2v) is 2.28. The molecule has 9 heavy (non-hydrogen) atoms. The van der Waals surface area contributed by atoms with Crippen LogP contribution in [-0.4, -0.2) is 26.2 Å². The van der Waals surface area contributed by atoms with Gasteiger partial charge in [0.2, 0.25) is 0 Å². The minimum Gasteiger partial charge on any atom is -0.760 e. The van der Waals surface area contributed by atoms with E-state index in [2.05, 4.69) is 0 Å². The summed E-state index contributed by atoms with van der Waals surface area (Å²) in [7, 11) is 0. The molecule has 0 spiro atoms. The second-order valence-electron chi connectivity index (χ2n) is 1.33. The maximum atomic E-state index is 10.1. The fourth-order valence-electron chi connectivity index (χ4n) is 0.434. The van der Waals surface area contributed by atoms with Crippen molar-refractivity contribution in [3.8, 4) is 0 Å². The van der Waals surface area contributed by atoms with Gasteiger partial charge >= 0.3 is 29.6 Å².